The standard InChI is InChI=1S/C7H4BrF3N4O/c8-5-3-4(6(16)13-2-12-3)15(14-5)1-7(9,10)11/h2H,1H2,(H,12,13,16). The minimum atomic E-state index is -4.44. The number of H-pyrrole nitrogens is 1. The van der Waals surface area contributed by atoms with Gasteiger partial charge in [0.15, 0.2) is 10.1 Å². The lowest BCUT2D eigenvalue weighted by molar-refractivity contribution is -0.141. The molecule has 2 aromatic heterocycles. The molecule has 0 bridgehead atoms. The van der Waals surface area contributed by atoms with Gasteiger partial charge in [-0.25, -0.2) is 9.67 Å². The van der Waals surface area contributed by atoms with Crippen molar-refractivity contribution >= 4 is 27.0 Å². The van der Waals surface area contributed by atoms with Crippen LogP contribution in [0.5, 0.6) is 0 Å². The first-order valence-corrected chi connectivity index (χ1v) is 4.84. The van der Waals surface area contributed by atoms with E-state index in [9.17, 15) is 18.0 Å². The van der Waals surface area contributed by atoms with E-state index < -0.39 is 18.3 Å². The van der Waals surface area contributed by atoms with Gasteiger partial charge >= 0.3 is 6.18 Å². The van der Waals surface area contributed by atoms with Gasteiger partial charge in [-0.3, -0.25) is 4.79 Å². The largest absolute Gasteiger partial charge is 0.408 e. The van der Waals surface area contributed by atoms with E-state index in [1.807, 2.05) is 0 Å². The summed E-state index contributed by atoms with van der Waals surface area (Å²) in [7, 11) is 0. The molecule has 16 heavy (non-hydrogen) atoms. The number of hydrogen-bond donors (Lipinski definition) is 1. The van der Waals surface area contributed by atoms with Gasteiger partial charge in [0.1, 0.15) is 12.1 Å². The lowest BCUT2D eigenvalue weighted by atomic mass is 10.4. The Morgan fingerprint density at radius 3 is 2.81 bits per heavy atom. The summed E-state index contributed by atoms with van der Waals surface area (Å²) >= 11 is 2.94. The van der Waals surface area contributed by atoms with E-state index in [2.05, 4.69) is 31.0 Å². The Bertz CT molecular complexity index is 587. The van der Waals surface area contributed by atoms with E-state index in [0.717, 1.165) is 6.33 Å². The van der Waals surface area contributed by atoms with E-state index >= 15 is 0 Å². The van der Waals surface area contributed by atoms with Crippen LogP contribution in [0.4, 0.5) is 13.2 Å². The van der Waals surface area contributed by atoms with Gasteiger partial charge in [-0.2, -0.15) is 18.3 Å². The van der Waals surface area contributed by atoms with E-state index in [4.69, 9.17) is 0 Å². The summed E-state index contributed by atoms with van der Waals surface area (Å²) in [5.41, 5.74) is -0.757. The minimum absolute atomic E-state index is 0.105. The summed E-state index contributed by atoms with van der Waals surface area (Å²) in [6.07, 6.45) is -3.34. The molecule has 86 valence electrons. The van der Waals surface area contributed by atoms with Crippen molar-refractivity contribution in [3.05, 3.63) is 21.3 Å². The van der Waals surface area contributed by atoms with Crippen molar-refractivity contribution in [2.45, 2.75) is 12.7 Å². The van der Waals surface area contributed by atoms with Crippen molar-refractivity contribution in [1.82, 2.24) is 19.7 Å². The van der Waals surface area contributed by atoms with Gasteiger partial charge in [0, 0.05) is 0 Å². The fourth-order valence-corrected chi connectivity index (χ4v) is 1.75. The molecule has 1 N–H and O–H groups in total. The predicted octanol–water partition coefficient (Wildman–Crippen LogP) is 1.44. The molecule has 2 aromatic rings. The highest BCUT2D eigenvalue weighted by molar-refractivity contribution is 9.10. The molecular formula is C7H4BrF3N4O. The van der Waals surface area contributed by atoms with Crippen LogP contribution in [0.2, 0.25) is 0 Å². The molecule has 9 heteroatoms. The van der Waals surface area contributed by atoms with Gasteiger partial charge < -0.3 is 4.98 Å². The van der Waals surface area contributed by atoms with Crippen LogP contribution in [0.1, 0.15) is 0 Å². The van der Waals surface area contributed by atoms with Crippen molar-refractivity contribution in [2.75, 3.05) is 0 Å². The first-order chi connectivity index (χ1) is 7.38. The minimum Gasteiger partial charge on any atom is -0.311 e. The first-order valence-electron chi connectivity index (χ1n) is 4.05. The van der Waals surface area contributed by atoms with Gasteiger partial charge in [0.25, 0.3) is 5.56 Å². The maximum atomic E-state index is 12.2. The summed E-state index contributed by atoms with van der Waals surface area (Å²) in [5.74, 6) is 0. The molecule has 0 saturated heterocycles. The molecule has 0 aromatic carbocycles. The topological polar surface area (TPSA) is 63.6 Å². The normalized spacial score (nSPS) is 12.2. The molecule has 0 amide bonds. The van der Waals surface area contributed by atoms with Crippen LogP contribution >= 0.6 is 15.9 Å². The van der Waals surface area contributed by atoms with Crippen LogP contribution in [0.25, 0.3) is 11.0 Å². The fourth-order valence-electron chi connectivity index (χ4n) is 1.27. The second-order valence-electron chi connectivity index (χ2n) is 2.99. The highest BCUT2D eigenvalue weighted by Gasteiger charge is 2.30. The van der Waals surface area contributed by atoms with Crippen LogP contribution in [0.15, 0.2) is 15.7 Å². The molecule has 0 aliphatic heterocycles. The molecule has 0 spiro atoms. The number of alkyl halides is 3. The second kappa shape index (κ2) is 3.58. The lowest BCUT2D eigenvalue weighted by Gasteiger charge is -2.06. The van der Waals surface area contributed by atoms with Gasteiger partial charge in [0.05, 0.1) is 6.33 Å². The molecule has 0 fully saturated rings. The van der Waals surface area contributed by atoms with Gasteiger partial charge in [-0.1, -0.05) is 0 Å². The highest BCUT2D eigenvalue weighted by atomic mass is 79.9. The first kappa shape index (κ1) is 11.1. The maximum Gasteiger partial charge on any atom is 0.408 e. The smallest absolute Gasteiger partial charge is 0.311 e. The average molecular weight is 297 g/mol. The van der Waals surface area contributed by atoms with Gasteiger partial charge in [-0.05, 0) is 15.9 Å². The summed E-state index contributed by atoms with van der Waals surface area (Å²) < 4.78 is 37.3. The number of nitrogens with zero attached hydrogens (tertiary/aromatic N) is 3. The fraction of sp³-hybridized carbons (Fsp3) is 0.286. The maximum absolute atomic E-state index is 12.2. The van der Waals surface area contributed by atoms with E-state index in [-0.39, 0.29) is 15.6 Å². The number of halogens is 4. The summed E-state index contributed by atoms with van der Waals surface area (Å²) in [6, 6.07) is 0. The zero-order chi connectivity index (χ0) is 11.9. The van der Waals surface area contributed by atoms with Crippen molar-refractivity contribution in [3.63, 3.8) is 0 Å². The third-order valence-corrected chi connectivity index (χ3v) is 2.35. The molecular weight excluding hydrogens is 293 g/mol. The van der Waals surface area contributed by atoms with Crippen LogP contribution in [0.3, 0.4) is 0 Å². The highest BCUT2D eigenvalue weighted by Crippen LogP contribution is 2.22. The molecule has 0 aliphatic rings. The summed E-state index contributed by atoms with van der Waals surface area (Å²) in [4.78, 5) is 17.3. The lowest BCUT2D eigenvalue weighted by Crippen LogP contribution is -2.21. The van der Waals surface area contributed by atoms with Crippen molar-refractivity contribution in [1.29, 1.82) is 0 Å². The third kappa shape index (κ3) is 1.94. The van der Waals surface area contributed by atoms with Crippen LogP contribution < -0.4 is 5.56 Å². The van der Waals surface area contributed by atoms with Crippen LogP contribution in [-0.4, -0.2) is 25.9 Å². The Kier molecular flexibility index (Phi) is 2.49. The summed E-state index contributed by atoms with van der Waals surface area (Å²) in [5, 5.41) is 3.57. The van der Waals surface area contributed by atoms with Crippen LogP contribution in [-0.2, 0) is 6.54 Å². The number of fused-ring (bicyclic) bond motifs is 1. The Morgan fingerprint density at radius 1 is 1.50 bits per heavy atom. The van der Waals surface area contributed by atoms with E-state index in [0.29, 0.717) is 4.68 Å². The number of nitrogens with one attached hydrogen (secondary N) is 1. The van der Waals surface area contributed by atoms with Crippen molar-refractivity contribution in [2.24, 2.45) is 0 Å². The van der Waals surface area contributed by atoms with Gasteiger partial charge in [-0.15, -0.1) is 0 Å². The molecule has 0 saturated carbocycles. The third-order valence-electron chi connectivity index (χ3n) is 1.82. The number of aromatic nitrogens is 4. The Hall–Kier alpha value is -1.38. The predicted molar refractivity (Wildman–Crippen MR) is 51.9 cm³/mol. The Balaban J connectivity index is 2.67. The van der Waals surface area contributed by atoms with Gasteiger partial charge in [0.2, 0.25) is 0 Å². The number of hydrogen-bond acceptors (Lipinski definition) is 3. The molecule has 5 nitrogen and oxygen atoms in total. The molecule has 0 atom stereocenters. The zero-order valence-corrected chi connectivity index (χ0v) is 9.13. The molecule has 0 aliphatic carbocycles. The Labute approximate surface area is 94.4 Å². The summed E-state index contributed by atoms with van der Waals surface area (Å²) in [6.45, 7) is -1.33. The van der Waals surface area contributed by atoms with E-state index in [1.165, 1.54) is 0 Å². The SMILES string of the molecule is O=c1[nH]cnc2c(Br)nn(CC(F)(F)F)c12. The number of rotatable bonds is 1. The van der Waals surface area contributed by atoms with Crippen molar-refractivity contribution in [3.8, 4) is 0 Å². The van der Waals surface area contributed by atoms with E-state index in [1.54, 1.807) is 0 Å². The Morgan fingerprint density at radius 2 is 2.19 bits per heavy atom. The average Bonchev–Trinajstić information content (AvgIpc) is 2.42. The molecule has 2 rings (SSSR count). The van der Waals surface area contributed by atoms with Crippen molar-refractivity contribution < 1.29 is 13.2 Å². The quantitative estimate of drug-likeness (QED) is 0.866. The second-order valence-corrected chi connectivity index (χ2v) is 3.74. The molecule has 0 radical (unpaired) electrons. The van der Waals surface area contributed by atoms with Crippen LogP contribution in [0, 0.1) is 0 Å². The zero-order valence-electron chi connectivity index (χ0n) is 7.55. The monoisotopic (exact) mass is 296 g/mol. The molecule has 2 heterocycles. The number of aromatic amines is 1. The molecule has 0 unspecified atom stereocenters.